The highest BCUT2D eigenvalue weighted by Gasteiger charge is 2.25. The normalized spacial score (nSPS) is 19.1. The van der Waals surface area contributed by atoms with E-state index in [4.69, 9.17) is 0 Å². The molecule has 1 aliphatic rings. The molecule has 2 N–H and O–H groups in total. The molecule has 0 radical (unpaired) electrons. The molecule has 0 bridgehead atoms. The van der Waals surface area contributed by atoms with Crippen LogP contribution in [0.5, 0.6) is 0 Å². The Hall–Kier alpha value is -1.32. The molecule has 1 fully saturated rings. The highest BCUT2D eigenvalue weighted by Crippen LogP contribution is 2.25. The van der Waals surface area contributed by atoms with Gasteiger partial charge >= 0.3 is 0 Å². The van der Waals surface area contributed by atoms with Crippen LogP contribution >= 0.6 is 0 Å². The first-order valence-electron chi connectivity index (χ1n) is 8.58. The van der Waals surface area contributed by atoms with Crippen LogP contribution in [0.3, 0.4) is 0 Å². The van der Waals surface area contributed by atoms with Crippen LogP contribution in [-0.2, 0) is 6.54 Å². The average molecular weight is 300 g/mol. The van der Waals surface area contributed by atoms with E-state index in [0.29, 0.717) is 11.8 Å². The van der Waals surface area contributed by atoms with Crippen LogP contribution in [0.1, 0.15) is 38.7 Å². The van der Waals surface area contributed by atoms with Crippen molar-refractivity contribution < 1.29 is 5.11 Å². The summed E-state index contributed by atoms with van der Waals surface area (Å²) in [7, 11) is 0. The Morgan fingerprint density at radius 3 is 2.73 bits per heavy atom. The number of aliphatic hydroxyl groups is 1. The van der Waals surface area contributed by atoms with Gasteiger partial charge in [-0.05, 0) is 73.3 Å². The molecule has 0 spiro atoms. The summed E-state index contributed by atoms with van der Waals surface area (Å²) in [6.45, 7) is 7.61. The van der Waals surface area contributed by atoms with Crippen LogP contribution in [0.4, 0.5) is 0 Å². The zero-order valence-corrected chi connectivity index (χ0v) is 13.8. The Balaban J connectivity index is 1.53. The molecule has 2 aromatic rings. The van der Waals surface area contributed by atoms with Crippen molar-refractivity contribution in [2.24, 2.45) is 11.8 Å². The summed E-state index contributed by atoms with van der Waals surface area (Å²) in [6.07, 6.45) is 5.07. The fraction of sp³-hybridized carbons (Fsp3) is 0.579. The number of aromatic amines is 1. The van der Waals surface area contributed by atoms with Gasteiger partial charge < -0.3 is 10.1 Å². The second-order valence-electron chi connectivity index (χ2n) is 7.21. The van der Waals surface area contributed by atoms with Gasteiger partial charge in [0.15, 0.2) is 0 Å². The van der Waals surface area contributed by atoms with E-state index in [2.05, 4.69) is 48.0 Å². The van der Waals surface area contributed by atoms with Gasteiger partial charge in [-0.3, -0.25) is 4.90 Å². The molecule has 3 rings (SSSR count). The number of fused-ring (bicyclic) bond motifs is 1. The Bertz CT molecular complexity index is 596. The summed E-state index contributed by atoms with van der Waals surface area (Å²) in [5.74, 6) is 1.08. The molecule has 0 saturated carbocycles. The van der Waals surface area contributed by atoms with Crippen molar-refractivity contribution in [3.63, 3.8) is 0 Å². The first kappa shape index (κ1) is 15.6. The first-order valence-corrected chi connectivity index (χ1v) is 8.58. The number of nitrogens with one attached hydrogen (secondary N) is 1. The number of aromatic nitrogens is 1. The van der Waals surface area contributed by atoms with Crippen molar-refractivity contribution >= 4 is 10.9 Å². The molecule has 1 aromatic carbocycles. The van der Waals surface area contributed by atoms with Crippen molar-refractivity contribution in [2.75, 3.05) is 13.1 Å². The zero-order valence-electron chi connectivity index (χ0n) is 13.8. The van der Waals surface area contributed by atoms with E-state index in [1.165, 1.54) is 16.5 Å². The predicted octanol–water partition coefficient (Wildman–Crippen LogP) is 3.79. The number of nitrogens with zero attached hydrogens (tertiary/aromatic N) is 1. The predicted molar refractivity (Wildman–Crippen MR) is 91.8 cm³/mol. The summed E-state index contributed by atoms with van der Waals surface area (Å²) in [5, 5.41) is 11.6. The fourth-order valence-corrected chi connectivity index (χ4v) is 3.63. The maximum atomic E-state index is 10.3. The lowest BCUT2D eigenvalue weighted by Gasteiger charge is -2.34. The zero-order chi connectivity index (χ0) is 15.5. The minimum absolute atomic E-state index is 0.113. The molecule has 0 aliphatic carbocycles. The number of benzene rings is 1. The van der Waals surface area contributed by atoms with Gasteiger partial charge in [0.05, 0.1) is 6.10 Å². The number of rotatable bonds is 5. The van der Waals surface area contributed by atoms with Crippen LogP contribution < -0.4 is 0 Å². The van der Waals surface area contributed by atoms with E-state index in [-0.39, 0.29) is 6.10 Å². The first-order chi connectivity index (χ1) is 10.6. The summed E-state index contributed by atoms with van der Waals surface area (Å²) in [5.41, 5.74) is 2.59. The molecule has 3 heteroatoms. The number of hydrogen-bond donors (Lipinski definition) is 2. The van der Waals surface area contributed by atoms with Crippen LogP contribution in [0, 0.1) is 11.8 Å². The van der Waals surface area contributed by atoms with Crippen LogP contribution in [0.2, 0.25) is 0 Å². The quantitative estimate of drug-likeness (QED) is 0.882. The molecule has 120 valence electrons. The van der Waals surface area contributed by atoms with Crippen molar-refractivity contribution in [3.8, 4) is 0 Å². The van der Waals surface area contributed by atoms with Gasteiger partial charge in [0, 0.05) is 18.3 Å². The maximum Gasteiger partial charge on any atom is 0.0571 e. The van der Waals surface area contributed by atoms with Crippen molar-refractivity contribution in [3.05, 3.63) is 36.0 Å². The van der Waals surface area contributed by atoms with E-state index in [1.54, 1.807) is 0 Å². The molecule has 1 aliphatic heterocycles. The van der Waals surface area contributed by atoms with Crippen LogP contribution in [0.25, 0.3) is 10.9 Å². The van der Waals surface area contributed by atoms with E-state index in [9.17, 15) is 5.11 Å². The highest BCUT2D eigenvalue weighted by molar-refractivity contribution is 5.79. The smallest absolute Gasteiger partial charge is 0.0571 e. The molecular formula is C19H28N2O. The van der Waals surface area contributed by atoms with Gasteiger partial charge in [-0.2, -0.15) is 0 Å². The van der Waals surface area contributed by atoms with Gasteiger partial charge in [-0.1, -0.05) is 19.9 Å². The number of likely N-dealkylation sites (tertiary alicyclic amines) is 1. The van der Waals surface area contributed by atoms with Crippen molar-refractivity contribution in [1.82, 2.24) is 9.88 Å². The van der Waals surface area contributed by atoms with Crippen LogP contribution in [0.15, 0.2) is 30.5 Å². The second-order valence-corrected chi connectivity index (χ2v) is 7.21. The third kappa shape index (κ3) is 3.71. The Kier molecular flexibility index (Phi) is 4.84. The van der Waals surface area contributed by atoms with Gasteiger partial charge in [-0.25, -0.2) is 0 Å². The number of piperidine rings is 1. The van der Waals surface area contributed by atoms with E-state index < -0.39 is 0 Å². The number of hydrogen-bond acceptors (Lipinski definition) is 2. The van der Waals surface area contributed by atoms with Gasteiger partial charge in [0.25, 0.3) is 0 Å². The SMILES string of the molecule is CC(C)C[C@H](O)C1CCN(Cc2ccc3[nH]ccc3c2)CC1. The summed E-state index contributed by atoms with van der Waals surface area (Å²) in [4.78, 5) is 5.76. The molecule has 3 nitrogen and oxygen atoms in total. The number of aliphatic hydroxyl groups excluding tert-OH is 1. The highest BCUT2D eigenvalue weighted by atomic mass is 16.3. The Morgan fingerprint density at radius 1 is 1.23 bits per heavy atom. The second kappa shape index (κ2) is 6.84. The molecule has 0 amide bonds. The van der Waals surface area contributed by atoms with E-state index in [1.807, 2.05) is 6.20 Å². The van der Waals surface area contributed by atoms with Gasteiger partial charge in [0.2, 0.25) is 0 Å². The third-order valence-electron chi connectivity index (χ3n) is 4.91. The topological polar surface area (TPSA) is 39.3 Å². The molecule has 0 unspecified atom stereocenters. The molecule has 1 atom stereocenters. The molecule has 1 aromatic heterocycles. The average Bonchev–Trinajstić information content (AvgIpc) is 2.95. The van der Waals surface area contributed by atoms with Gasteiger partial charge in [0.1, 0.15) is 0 Å². The minimum Gasteiger partial charge on any atom is -0.393 e. The third-order valence-corrected chi connectivity index (χ3v) is 4.91. The standard InChI is InChI=1S/C19H28N2O/c1-14(2)11-19(22)16-6-9-21(10-7-16)13-15-3-4-18-17(12-15)5-8-20-18/h3-5,8,12,14,16,19-20,22H,6-7,9-11,13H2,1-2H3/t19-/m0/s1. The lowest BCUT2D eigenvalue weighted by Crippen LogP contribution is -2.37. The molecule has 1 saturated heterocycles. The summed E-state index contributed by atoms with van der Waals surface area (Å²) < 4.78 is 0. The Morgan fingerprint density at radius 2 is 2.00 bits per heavy atom. The Labute approximate surface area is 133 Å². The molecular weight excluding hydrogens is 272 g/mol. The van der Waals surface area contributed by atoms with E-state index in [0.717, 1.165) is 38.9 Å². The number of H-pyrrole nitrogens is 1. The maximum absolute atomic E-state index is 10.3. The molecule has 2 heterocycles. The molecule has 22 heavy (non-hydrogen) atoms. The lowest BCUT2D eigenvalue weighted by molar-refractivity contribution is 0.0436. The van der Waals surface area contributed by atoms with Crippen molar-refractivity contribution in [1.29, 1.82) is 0 Å². The lowest BCUT2D eigenvalue weighted by atomic mass is 9.87. The summed E-state index contributed by atoms with van der Waals surface area (Å²) in [6, 6.07) is 8.81. The largest absolute Gasteiger partial charge is 0.393 e. The fourth-order valence-electron chi connectivity index (χ4n) is 3.63. The van der Waals surface area contributed by atoms with Crippen molar-refractivity contribution in [2.45, 2.75) is 45.8 Å². The van der Waals surface area contributed by atoms with Crippen LogP contribution in [-0.4, -0.2) is 34.2 Å². The van der Waals surface area contributed by atoms with E-state index >= 15 is 0 Å². The summed E-state index contributed by atoms with van der Waals surface area (Å²) >= 11 is 0. The van der Waals surface area contributed by atoms with Gasteiger partial charge in [-0.15, -0.1) is 0 Å². The monoisotopic (exact) mass is 300 g/mol. The minimum atomic E-state index is -0.113.